The molecule has 1 aliphatic carbocycles. The molecule has 1 aromatic rings. The van der Waals surface area contributed by atoms with Gasteiger partial charge in [-0.2, -0.15) is 0 Å². The summed E-state index contributed by atoms with van der Waals surface area (Å²) < 4.78 is 10.9. The van der Waals surface area contributed by atoms with Gasteiger partial charge in [-0.05, 0) is 36.5 Å². The van der Waals surface area contributed by atoms with Gasteiger partial charge >= 0.3 is 5.97 Å². The number of ether oxygens (including phenoxy) is 2. The van der Waals surface area contributed by atoms with Crippen LogP contribution in [0.4, 0.5) is 0 Å². The van der Waals surface area contributed by atoms with Crippen LogP contribution in [0.25, 0.3) is 0 Å². The van der Waals surface area contributed by atoms with E-state index in [4.69, 9.17) is 31.9 Å². The lowest BCUT2D eigenvalue weighted by molar-refractivity contribution is -0.138. The average molecular weight is 300 g/mol. The number of methoxy groups -OCH3 is 1. The van der Waals surface area contributed by atoms with Gasteiger partial charge in [0.15, 0.2) is 11.5 Å². The first-order valence-electron chi connectivity index (χ1n) is 6.50. The quantitative estimate of drug-likeness (QED) is 0.807. The van der Waals surface area contributed by atoms with E-state index in [-0.39, 0.29) is 6.54 Å². The monoisotopic (exact) mass is 299 g/mol. The Bertz CT molecular complexity index is 502. The van der Waals surface area contributed by atoms with Crippen molar-refractivity contribution in [3.63, 3.8) is 0 Å². The number of halogens is 1. The third-order valence-corrected chi connectivity index (χ3v) is 3.63. The molecule has 110 valence electrons. The number of aliphatic carboxylic acids is 1. The molecule has 0 spiro atoms. The maximum absolute atomic E-state index is 11.2. The van der Waals surface area contributed by atoms with Crippen LogP contribution >= 0.6 is 11.6 Å². The normalized spacial score (nSPS) is 15.8. The fourth-order valence-electron chi connectivity index (χ4n) is 1.95. The lowest BCUT2D eigenvalue weighted by atomic mass is 9.99. The summed E-state index contributed by atoms with van der Waals surface area (Å²) in [6, 6.07) is 3.21. The molecule has 5 nitrogen and oxygen atoms in total. The zero-order valence-corrected chi connectivity index (χ0v) is 12.0. The molecule has 1 saturated carbocycles. The van der Waals surface area contributed by atoms with E-state index in [1.54, 1.807) is 12.1 Å². The summed E-state index contributed by atoms with van der Waals surface area (Å²) >= 11 is 6.18. The molecule has 20 heavy (non-hydrogen) atoms. The molecule has 0 saturated heterocycles. The Morgan fingerprint density at radius 1 is 1.55 bits per heavy atom. The van der Waals surface area contributed by atoms with Crippen molar-refractivity contribution in [2.45, 2.75) is 18.8 Å². The van der Waals surface area contributed by atoms with Crippen molar-refractivity contribution in [3.8, 4) is 11.5 Å². The predicted molar refractivity (Wildman–Crippen MR) is 75.7 cm³/mol. The molecule has 0 heterocycles. The lowest BCUT2D eigenvalue weighted by Crippen LogP contribution is -2.21. The van der Waals surface area contributed by atoms with Crippen molar-refractivity contribution >= 4 is 17.6 Å². The molecule has 0 radical (unpaired) electrons. The Morgan fingerprint density at radius 2 is 2.25 bits per heavy atom. The van der Waals surface area contributed by atoms with Gasteiger partial charge in [0.2, 0.25) is 0 Å². The number of carboxylic acids is 1. The molecule has 0 amide bonds. The Hall–Kier alpha value is -1.46. The number of carboxylic acid groups (broad SMARTS) is 1. The second-order valence-corrected chi connectivity index (χ2v) is 5.32. The van der Waals surface area contributed by atoms with E-state index in [1.165, 1.54) is 20.0 Å². The molecule has 0 aliphatic heterocycles. The van der Waals surface area contributed by atoms with Crippen molar-refractivity contribution in [1.29, 1.82) is 0 Å². The maximum atomic E-state index is 11.2. The fraction of sp³-hybridized carbons (Fsp3) is 0.500. The summed E-state index contributed by atoms with van der Waals surface area (Å²) in [5.74, 6) is -0.304. The van der Waals surface area contributed by atoms with Crippen LogP contribution in [0.3, 0.4) is 0 Å². The van der Waals surface area contributed by atoms with Crippen LogP contribution in [0.5, 0.6) is 11.5 Å². The maximum Gasteiger partial charge on any atom is 0.312 e. The third kappa shape index (κ3) is 3.35. The van der Waals surface area contributed by atoms with E-state index in [2.05, 4.69) is 0 Å². The van der Waals surface area contributed by atoms with Crippen LogP contribution in [-0.2, 0) is 4.79 Å². The smallest absolute Gasteiger partial charge is 0.312 e. The molecule has 0 aromatic heterocycles. The number of benzene rings is 1. The average Bonchev–Trinajstić information content (AvgIpc) is 3.21. The summed E-state index contributed by atoms with van der Waals surface area (Å²) in [5.41, 5.74) is 6.01. The minimum atomic E-state index is -0.989. The molecule has 6 heteroatoms. The molecule has 0 bridgehead atoms. The molecule has 1 unspecified atom stereocenters. The summed E-state index contributed by atoms with van der Waals surface area (Å²) in [6.07, 6.45) is 2.35. The molecular weight excluding hydrogens is 282 g/mol. The van der Waals surface area contributed by atoms with Gasteiger partial charge in [0.25, 0.3) is 0 Å². The first-order chi connectivity index (χ1) is 9.56. The van der Waals surface area contributed by atoms with E-state index < -0.39 is 11.9 Å². The first kappa shape index (κ1) is 14.9. The molecule has 1 fully saturated rings. The largest absolute Gasteiger partial charge is 0.493 e. The van der Waals surface area contributed by atoms with Gasteiger partial charge in [-0.1, -0.05) is 11.6 Å². The number of nitrogens with two attached hydrogens (primary N) is 1. The van der Waals surface area contributed by atoms with Gasteiger partial charge in [0.05, 0.1) is 24.7 Å². The fourth-order valence-corrected chi connectivity index (χ4v) is 2.22. The van der Waals surface area contributed by atoms with E-state index in [0.29, 0.717) is 34.6 Å². The predicted octanol–water partition coefficient (Wildman–Crippen LogP) is 2.26. The van der Waals surface area contributed by atoms with Crippen molar-refractivity contribution in [1.82, 2.24) is 0 Å². The lowest BCUT2D eigenvalue weighted by Gasteiger charge is -2.16. The van der Waals surface area contributed by atoms with Crippen LogP contribution < -0.4 is 15.2 Å². The number of hydrogen-bond acceptors (Lipinski definition) is 4. The molecular formula is C14H18ClNO4. The zero-order valence-electron chi connectivity index (χ0n) is 11.3. The Labute approximate surface area is 122 Å². The van der Waals surface area contributed by atoms with Gasteiger partial charge < -0.3 is 20.3 Å². The second-order valence-electron chi connectivity index (χ2n) is 4.92. The van der Waals surface area contributed by atoms with Crippen molar-refractivity contribution in [2.24, 2.45) is 11.7 Å². The highest BCUT2D eigenvalue weighted by atomic mass is 35.5. The third-order valence-electron chi connectivity index (χ3n) is 3.35. The minimum Gasteiger partial charge on any atom is -0.493 e. The Kier molecular flexibility index (Phi) is 4.73. The van der Waals surface area contributed by atoms with Gasteiger partial charge in [-0.15, -0.1) is 0 Å². The highest BCUT2D eigenvalue weighted by Gasteiger charge is 2.25. The molecule has 3 N–H and O–H groups in total. The van der Waals surface area contributed by atoms with Crippen LogP contribution in [-0.4, -0.2) is 31.3 Å². The van der Waals surface area contributed by atoms with Crippen molar-refractivity contribution in [3.05, 3.63) is 22.7 Å². The molecule has 1 aliphatic rings. The number of rotatable bonds is 7. The summed E-state index contributed by atoms with van der Waals surface area (Å²) in [4.78, 5) is 11.2. The SMILES string of the molecule is COc1cc(C(CN)C(=O)O)cc(Cl)c1OCC1CC1. The number of hydrogen-bond donors (Lipinski definition) is 2. The zero-order chi connectivity index (χ0) is 14.7. The van der Waals surface area contributed by atoms with E-state index in [0.717, 1.165) is 0 Å². The standard InChI is InChI=1S/C14H18ClNO4/c1-19-12-5-9(10(6-16)14(17)18)4-11(15)13(12)20-7-8-2-3-8/h4-5,8,10H,2-3,6-7,16H2,1H3,(H,17,18). The summed E-state index contributed by atoms with van der Waals surface area (Å²) in [5, 5.41) is 9.49. The van der Waals surface area contributed by atoms with E-state index >= 15 is 0 Å². The highest BCUT2D eigenvalue weighted by molar-refractivity contribution is 6.32. The van der Waals surface area contributed by atoms with Gasteiger partial charge in [0, 0.05) is 6.54 Å². The Balaban J connectivity index is 2.27. The summed E-state index contributed by atoms with van der Waals surface area (Å²) in [6.45, 7) is 0.603. The van der Waals surface area contributed by atoms with Crippen molar-refractivity contribution in [2.75, 3.05) is 20.3 Å². The van der Waals surface area contributed by atoms with Crippen LogP contribution in [0, 0.1) is 5.92 Å². The number of carbonyl (C=O) groups is 1. The second kappa shape index (κ2) is 6.33. The highest BCUT2D eigenvalue weighted by Crippen LogP contribution is 2.40. The topological polar surface area (TPSA) is 81.8 Å². The first-order valence-corrected chi connectivity index (χ1v) is 6.87. The van der Waals surface area contributed by atoms with E-state index in [1.807, 2.05) is 0 Å². The Morgan fingerprint density at radius 3 is 2.75 bits per heavy atom. The van der Waals surface area contributed by atoms with Gasteiger partial charge in [-0.3, -0.25) is 4.79 Å². The van der Waals surface area contributed by atoms with Crippen molar-refractivity contribution < 1.29 is 19.4 Å². The van der Waals surface area contributed by atoms with Crippen LogP contribution in [0.2, 0.25) is 5.02 Å². The minimum absolute atomic E-state index is 0.00288. The van der Waals surface area contributed by atoms with Gasteiger partial charge in [-0.25, -0.2) is 0 Å². The van der Waals surface area contributed by atoms with E-state index in [9.17, 15) is 4.79 Å². The molecule has 2 rings (SSSR count). The van der Waals surface area contributed by atoms with Crippen LogP contribution in [0.15, 0.2) is 12.1 Å². The molecule has 1 atom stereocenters. The van der Waals surface area contributed by atoms with Gasteiger partial charge in [0.1, 0.15) is 0 Å². The van der Waals surface area contributed by atoms with Crippen LogP contribution in [0.1, 0.15) is 24.3 Å². The molecule has 1 aromatic carbocycles. The summed E-state index contributed by atoms with van der Waals surface area (Å²) in [7, 11) is 1.50.